The molecule has 2 aromatic carbocycles. The topological polar surface area (TPSA) is 27.8 Å². The van der Waals surface area contributed by atoms with Crippen LogP contribution in [0, 0.1) is 0 Å². The number of hydrogen-bond acceptors (Lipinski definition) is 1. The lowest BCUT2D eigenvalue weighted by atomic mass is 10.1. The summed E-state index contributed by atoms with van der Waals surface area (Å²) in [6, 6.07) is 14.3. The first-order chi connectivity index (χ1) is 10.1. The first kappa shape index (κ1) is 14.5. The minimum atomic E-state index is 0.161. The maximum Gasteiger partial charge on any atom is 0.0468 e. The number of rotatable bonds is 4. The highest BCUT2D eigenvalue weighted by atomic mass is 35.5. The highest BCUT2D eigenvalue weighted by molar-refractivity contribution is 6.35. The zero-order chi connectivity index (χ0) is 14.8. The fourth-order valence-electron chi connectivity index (χ4n) is 2.44. The predicted molar refractivity (Wildman–Crippen MR) is 90.0 cm³/mol. The fourth-order valence-corrected chi connectivity index (χ4v) is 3.01. The molecule has 108 valence electrons. The van der Waals surface area contributed by atoms with Crippen molar-refractivity contribution in [2.45, 2.75) is 19.5 Å². The highest BCUT2D eigenvalue weighted by Crippen LogP contribution is 2.26. The van der Waals surface area contributed by atoms with Gasteiger partial charge in [0.05, 0.1) is 0 Å². The minimum absolute atomic E-state index is 0.161. The van der Waals surface area contributed by atoms with E-state index in [2.05, 4.69) is 41.5 Å². The Kier molecular flexibility index (Phi) is 4.20. The molecule has 21 heavy (non-hydrogen) atoms. The van der Waals surface area contributed by atoms with Crippen LogP contribution in [0.4, 0.5) is 0 Å². The van der Waals surface area contributed by atoms with Gasteiger partial charge in [-0.05, 0) is 47.7 Å². The summed E-state index contributed by atoms with van der Waals surface area (Å²) in [7, 11) is 0. The molecule has 0 amide bonds. The van der Waals surface area contributed by atoms with Crippen molar-refractivity contribution in [1.82, 2.24) is 10.3 Å². The van der Waals surface area contributed by atoms with Crippen LogP contribution in [0.3, 0.4) is 0 Å². The fraction of sp³-hybridized carbons (Fsp3) is 0.176. The summed E-state index contributed by atoms with van der Waals surface area (Å²) in [5.74, 6) is 0. The molecule has 0 saturated carbocycles. The number of nitrogens with one attached hydrogen (secondary N) is 2. The third-order valence-corrected chi connectivity index (χ3v) is 4.22. The molecule has 3 aromatic rings. The van der Waals surface area contributed by atoms with Gasteiger partial charge in [0.2, 0.25) is 0 Å². The second kappa shape index (κ2) is 6.10. The van der Waals surface area contributed by atoms with Gasteiger partial charge >= 0.3 is 0 Å². The van der Waals surface area contributed by atoms with E-state index in [1.807, 2.05) is 18.3 Å². The van der Waals surface area contributed by atoms with E-state index in [1.165, 1.54) is 10.9 Å². The Balaban J connectivity index is 1.71. The van der Waals surface area contributed by atoms with Crippen molar-refractivity contribution in [3.63, 3.8) is 0 Å². The molecular formula is C17H16Cl2N2. The van der Waals surface area contributed by atoms with Crippen molar-refractivity contribution in [3.8, 4) is 0 Å². The summed E-state index contributed by atoms with van der Waals surface area (Å²) in [6.07, 6.45) is 1.96. The van der Waals surface area contributed by atoms with Gasteiger partial charge < -0.3 is 10.3 Å². The van der Waals surface area contributed by atoms with Crippen LogP contribution in [0.25, 0.3) is 10.9 Å². The van der Waals surface area contributed by atoms with Gasteiger partial charge in [0.1, 0.15) is 0 Å². The number of benzene rings is 2. The third kappa shape index (κ3) is 3.24. The summed E-state index contributed by atoms with van der Waals surface area (Å²) >= 11 is 12.2. The van der Waals surface area contributed by atoms with Crippen molar-refractivity contribution in [3.05, 3.63) is 69.8 Å². The van der Waals surface area contributed by atoms with Crippen LogP contribution in [-0.2, 0) is 6.54 Å². The molecule has 3 rings (SSSR count). The molecule has 1 heterocycles. The molecule has 0 aliphatic heterocycles. The minimum Gasteiger partial charge on any atom is -0.361 e. The van der Waals surface area contributed by atoms with E-state index in [9.17, 15) is 0 Å². The zero-order valence-corrected chi connectivity index (χ0v) is 13.2. The lowest BCUT2D eigenvalue weighted by Gasteiger charge is -2.16. The van der Waals surface area contributed by atoms with Gasteiger partial charge in [-0.15, -0.1) is 0 Å². The molecule has 0 aliphatic rings. The Morgan fingerprint density at radius 1 is 1.10 bits per heavy atom. The van der Waals surface area contributed by atoms with Gasteiger partial charge in [0, 0.05) is 34.3 Å². The smallest absolute Gasteiger partial charge is 0.0468 e. The number of H-pyrrole nitrogens is 1. The molecule has 1 atom stereocenters. The van der Waals surface area contributed by atoms with E-state index in [4.69, 9.17) is 23.2 Å². The van der Waals surface area contributed by atoms with Crippen LogP contribution in [0.1, 0.15) is 24.1 Å². The standard InChI is InChI=1S/C17H16Cl2N2/c1-11(15-5-4-14(18)9-16(15)19)21-10-12-2-3-13-6-7-20-17(13)8-12/h2-9,11,20-21H,10H2,1H3. The van der Waals surface area contributed by atoms with Crippen LogP contribution in [-0.4, -0.2) is 4.98 Å². The van der Waals surface area contributed by atoms with Crippen LogP contribution in [0.15, 0.2) is 48.7 Å². The van der Waals surface area contributed by atoms with Crippen molar-refractivity contribution in [2.24, 2.45) is 0 Å². The molecule has 1 unspecified atom stereocenters. The number of hydrogen-bond donors (Lipinski definition) is 2. The van der Waals surface area contributed by atoms with Crippen LogP contribution >= 0.6 is 23.2 Å². The summed E-state index contributed by atoms with van der Waals surface area (Å²) in [4.78, 5) is 3.23. The molecule has 0 aliphatic carbocycles. The van der Waals surface area contributed by atoms with Gasteiger partial charge in [-0.1, -0.05) is 41.4 Å². The summed E-state index contributed by atoms with van der Waals surface area (Å²) < 4.78 is 0. The second-order valence-electron chi connectivity index (χ2n) is 5.17. The maximum absolute atomic E-state index is 6.24. The van der Waals surface area contributed by atoms with Gasteiger partial charge in [-0.2, -0.15) is 0 Å². The van der Waals surface area contributed by atoms with Gasteiger partial charge in [-0.25, -0.2) is 0 Å². The van der Waals surface area contributed by atoms with Gasteiger partial charge in [0.25, 0.3) is 0 Å². The Hall–Kier alpha value is -1.48. The molecule has 0 fully saturated rings. The van der Waals surface area contributed by atoms with E-state index < -0.39 is 0 Å². The maximum atomic E-state index is 6.24. The number of halogens is 2. The molecule has 0 bridgehead atoms. The largest absolute Gasteiger partial charge is 0.361 e. The Labute approximate surface area is 134 Å². The molecule has 2 N–H and O–H groups in total. The normalized spacial score (nSPS) is 12.7. The van der Waals surface area contributed by atoms with E-state index >= 15 is 0 Å². The lowest BCUT2D eigenvalue weighted by Crippen LogP contribution is -2.18. The molecule has 0 spiro atoms. The van der Waals surface area contributed by atoms with Crippen molar-refractivity contribution < 1.29 is 0 Å². The van der Waals surface area contributed by atoms with Crippen molar-refractivity contribution in [2.75, 3.05) is 0 Å². The van der Waals surface area contributed by atoms with E-state index in [1.54, 1.807) is 6.07 Å². The second-order valence-corrected chi connectivity index (χ2v) is 6.01. The van der Waals surface area contributed by atoms with E-state index in [-0.39, 0.29) is 6.04 Å². The number of fused-ring (bicyclic) bond motifs is 1. The number of aromatic nitrogens is 1. The van der Waals surface area contributed by atoms with Crippen molar-refractivity contribution >= 4 is 34.1 Å². The summed E-state index contributed by atoms with van der Waals surface area (Å²) in [5, 5.41) is 6.08. The Bertz CT molecular complexity index is 764. The molecule has 0 saturated heterocycles. The molecule has 2 nitrogen and oxygen atoms in total. The van der Waals surface area contributed by atoms with Crippen LogP contribution in [0.5, 0.6) is 0 Å². The molecule has 1 aromatic heterocycles. The average molecular weight is 319 g/mol. The Morgan fingerprint density at radius 3 is 2.76 bits per heavy atom. The predicted octanol–water partition coefficient (Wildman–Crippen LogP) is 5.33. The zero-order valence-electron chi connectivity index (χ0n) is 11.7. The van der Waals surface area contributed by atoms with Crippen LogP contribution in [0.2, 0.25) is 10.0 Å². The van der Waals surface area contributed by atoms with Gasteiger partial charge in [-0.3, -0.25) is 0 Å². The van der Waals surface area contributed by atoms with Crippen LogP contribution < -0.4 is 5.32 Å². The summed E-state index contributed by atoms with van der Waals surface area (Å²) in [6.45, 7) is 2.89. The van der Waals surface area contributed by atoms with E-state index in [0.717, 1.165) is 17.6 Å². The third-order valence-electron chi connectivity index (χ3n) is 3.66. The Morgan fingerprint density at radius 2 is 1.95 bits per heavy atom. The first-order valence-corrected chi connectivity index (χ1v) is 7.63. The number of aromatic amines is 1. The molecule has 0 radical (unpaired) electrons. The first-order valence-electron chi connectivity index (χ1n) is 6.88. The average Bonchev–Trinajstić information content (AvgIpc) is 2.92. The summed E-state index contributed by atoms with van der Waals surface area (Å²) in [5.41, 5.74) is 3.45. The molecular weight excluding hydrogens is 303 g/mol. The molecule has 4 heteroatoms. The monoisotopic (exact) mass is 318 g/mol. The lowest BCUT2D eigenvalue weighted by molar-refractivity contribution is 0.575. The highest BCUT2D eigenvalue weighted by Gasteiger charge is 2.09. The van der Waals surface area contributed by atoms with Crippen molar-refractivity contribution in [1.29, 1.82) is 0 Å². The van der Waals surface area contributed by atoms with Gasteiger partial charge in [0.15, 0.2) is 0 Å². The van der Waals surface area contributed by atoms with E-state index in [0.29, 0.717) is 10.0 Å². The quantitative estimate of drug-likeness (QED) is 0.669. The SMILES string of the molecule is CC(NCc1ccc2cc[nH]c2c1)c1ccc(Cl)cc1Cl.